The number of halogens is 4. The average molecular weight is 506 g/mol. The number of ether oxygens (including phenoxy) is 1. The molecule has 0 saturated carbocycles. The Morgan fingerprint density at radius 3 is 2.39 bits per heavy atom. The van der Waals surface area contributed by atoms with Crippen LogP contribution >= 0.6 is 0 Å². The first-order valence-corrected chi connectivity index (χ1v) is 11.5. The Balaban J connectivity index is 1.55. The second-order valence-corrected chi connectivity index (χ2v) is 8.59. The number of carbonyl (C=O) groups is 1. The Morgan fingerprint density at radius 1 is 1.08 bits per heavy atom. The Labute approximate surface area is 206 Å². The summed E-state index contributed by atoms with van der Waals surface area (Å²) in [4.78, 5) is 14.4. The topological polar surface area (TPSA) is 71.4 Å². The smallest absolute Gasteiger partial charge is 0.401 e. The van der Waals surface area contributed by atoms with E-state index in [4.69, 9.17) is 4.74 Å². The molecule has 1 aliphatic rings. The summed E-state index contributed by atoms with van der Waals surface area (Å²) in [5.74, 6) is 0.169. The van der Waals surface area contributed by atoms with Gasteiger partial charge in [-0.05, 0) is 24.6 Å². The van der Waals surface area contributed by atoms with E-state index in [9.17, 15) is 22.4 Å². The van der Waals surface area contributed by atoms with Crippen LogP contribution in [0.3, 0.4) is 0 Å². The highest BCUT2D eigenvalue weighted by atomic mass is 19.4. The predicted octanol–water partition coefficient (Wildman–Crippen LogP) is 4.68. The van der Waals surface area contributed by atoms with Gasteiger partial charge in [0, 0.05) is 19.0 Å². The van der Waals surface area contributed by atoms with E-state index in [1.165, 1.54) is 9.58 Å². The van der Waals surface area contributed by atoms with Gasteiger partial charge < -0.3 is 10.1 Å². The molecule has 0 unspecified atom stereocenters. The summed E-state index contributed by atoms with van der Waals surface area (Å²) >= 11 is 0. The second kappa shape index (κ2) is 11.0. The lowest BCUT2D eigenvalue weighted by Crippen LogP contribution is -2.43. The summed E-state index contributed by atoms with van der Waals surface area (Å²) in [6.07, 6.45) is -4.34. The van der Waals surface area contributed by atoms with Crippen molar-refractivity contribution in [2.24, 2.45) is 0 Å². The molecule has 1 saturated heterocycles. The quantitative estimate of drug-likeness (QED) is 0.436. The summed E-state index contributed by atoms with van der Waals surface area (Å²) in [7, 11) is 0. The lowest BCUT2D eigenvalue weighted by Gasteiger charge is -2.21. The molecule has 0 aliphatic carbocycles. The van der Waals surface area contributed by atoms with Gasteiger partial charge in [0.1, 0.15) is 19.1 Å². The Kier molecular flexibility index (Phi) is 7.78. The van der Waals surface area contributed by atoms with Gasteiger partial charge >= 0.3 is 12.2 Å². The van der Waals surface area contributed by atoms with Gasteiger partial charge in [-0.1, -0.05) is 48.5 Å². The Morgan fingerprint density at radius 2 is 1.75 bits per heavy atom. The molecule has 1 fully saturated rings. The van der Waals surface area contributed by atoms with Gasteiger partial charge in [-0.25, -0.2) is 13.9 Å². The van der Waals surface area contributed by atoms with E-state index in [1.807, 2.05) is 36.4 Å². The van der Waals surface area contributed by atoms with E-state index < -0.39 is 31.5 Å². The maximum atomic E-state index is 13.1. The second-order valence-electron chi connectivity index (χ2n) is 8.59. The third kappa shape index (κ3) is 6.14. The first kappa shape index (κ1) is 25.5. The van der Waals surface area contributed by atoms with Crippen LogP contribution in [0.2, 0.25) is 0 Å². The minimum absolute atomic E-state index is 0.0499. The number of anilines is 1. The zero-order chi connectivity index (χ0) is 25.7. The number of amides is 2. The van der Waals surface area contributed by atoms with Crippen molar-refractivity contribution in [2.45, 2.75) is 25.1 Å². The number of likely N-dealkylation sites (tertiary alicyclic amines) is 1. The number of rotatable bonds is 8. The summed E-state index contributed by atoms with van der Waals surface area (Å²) in [5.41, 5.74) is 1.98. The minimum Gasteiger partial charge on any atom is -0.474 e. The van der Waals surface area contributed by atoms with Crippen LogP contribution in [-0.4, -0.2) is 65.8 Å². The van der Waals surface area contributed by atoms with Crippen molar-refractivity contribution >= 4 is 11.8 Å². The molecular formula is C25H27F4N5O2. The molecule has 2 amide bonds. The highest BCUT2D eigenvalue weighted by Gasteiger charge is 2.40. The number of para-hydroxylation sites is 1. The van der Waals surface area contributed by atoms with E-state index in [0.717, 1.165) is 5.56 Å². The predicted molar refractivity (Wildman–Crippen MR) is 127 cm³/mol. The van der Waals surface area contributed by atoms with Crippen molar-refractivity contribution in [3.8, 4) is 11.6 Å². The number of nitrogens with zero attached hydrogens (tertiary/aromatic N) is 3. The van der Waals surface area contributed by atoms with Crippen molar-refractivity contribution in [3.05, 3.63) is 71.8 Å². The minimum atomic E-state index is -4.34. The van der Waals surface area contributed by atoms with Crippen LogP contribution in [0.25, 0.3) is 5.69 Å². The lowest BCUT2D eigenvalue weighted by molar-refractivity contribution is -0.143. The van der Waals surface area contributed by atoms with Crippen molar-refractivity contribution in [2.75, 3.05) is 38.2 Å². The molecule has 1 aliphatic heterocycles. The zero-order valence-electron chi connectivity index (χ0n) is 19.6. The molecule has 3 aromatic rings. The monoisotopic (exact) mass is 505 g/mol. The van der Waals surface area contributed by atoms with E-state index in [0.29, 0.717) is 17.1 Å². The number of nitrogens with one attached hydrogen (secondary N) is 2. The maximum Gasteiger partial charge on any atom is 0.401 e. The fourth-order valence-electron chi connectivity index (χ4n) is 4.42. The highest BCUT2D eigenvalue weighted by molar-refractivity contribution is 5.90. The first-order chi connectivity index (χ1) is 17.2. The van der Waals surface area contributed by atoms with E-state index in [1.54, 1.807) is 31.2 Å². The fourth-order valence-corrected chi connectivity index (χ4v) is 4.42. The Hall–Kier alpha value is -3.60. The van der Waals surface area contributed by atoms with Crippen molar-refractivity contribution in [1.29, 1.82) is 0 Å². The standard InChI is InChI=1S/C25H27F4N5O2/c1-17-22(34(19-10-6-3-7-11-19)32-23(17)36-13-12-26)31-24(35)30-21-15-33(16-25(27,28)29)14-20(21)18-8-4-2-5-9-18/h2-11,20-21H,12-16H2,1H3,(H2,30,31,35)/t20-,21+/m1/s1. The molecule has 11 heteroatoms. The molecule has 2 aromatic carbocycles. The maximum absolute atomic E-state index is 13.1. The summed E-state index contributed by atoms with van der Waals surface area (Å²) < 4.78 is 58.7. The molecule has 4 rings (SSSR count). The number of alkyl halides is 4. The number of hydrogen-bond acceptors (Lipinski definition) is 4. The van der Waals surface area contributed by atoms with E-state index >= 15 is 0 Å². The van der Waals surface area contributed by atoms with Gasteiger partial charge in [0.2, 0.25) is 5.88 Å². The lowest BCUT2D eigenvalue weighted by atomic mass is 9.94. The van der Waals surface area contributed by atoms with Crippen LogP contribution in [0.1, 0.15) is 17.0 Å². The van der Waals surface area contributed by atoms with Crippen LogP contribution in [0.4, 0.5) is 28.2 Å². The van der Waals surface area contributed by atoms with Crippen molar-refractivity contribution < 1.29 is 27.1 Å². The average Bonchev–Trinajstić information content (AvgIpc) is 3.38. The van der Waals surface area contributed by atoms with Crippen LogP contribution in [-0.2, 0) is 0 Å². The van der Waals surface area contributed by atoms with Crippen LogP contribution in [0.5, 0.6) is 5.88 Å². The van der Waals surface area contributed by atoms with Gasteiger partial charge in [0.25, 0.3) is 0 Å². The van der Waals surface area contributed by atoms with E-state index in [2.05, 4.69) is 15.7 Å². The molecule has 2 atom stereocenters. The Bertz CT molecular complexity index is 1150. The van der Waals surface area contributed by atoms with Crippen LogP contribution < -0.4 is 15.4 Å². The molecule has 0 bridgehead atoms. The van der Waals surface area contributed by atoms with Crippen molar-refractivity contribution in [1.82, 2.24) is 20.0 Å². The van der Waals surface area contributed by atoms with Gasteiger partial charge in [0.05, 0.1) is 23.8 Å². The summed E-state index contributed by atoms with van der Waals surface area (Å²) in [5, 5.41) is 9.99. The number of urea groups is 1. The molecule has 2 heterocycles. The number of hydrogen-bond donors (Lipinski definition) is 2. The number of carbonyl (C=O) groups excluding carboxylic acids is 1. The molecular weight excluding hydrogens is 478 g/mol. The number of aromatic nitrogens is 2. The molecule has 1 aromatic heterocycles. The highest BCUT2D eigenvalue weighted by Crippen LogP contribution is 2.31. The normalized spacial score (nSPS) is 18.2. The SMILES string of the molecule is Cc1c(OCCF)nn(-c2ccccc2)c1NC(=O)N[C@H]1CN(CC(F)(F)F)C[C@@H]1c1ccccc1. The molecule has 36 heavy (non-hydrogen) atoms. The van der Waals surface area contributed by atoms with Crippen molar-refractivity contribution in [3.63, 3.8) is 0 Å². The van der Waals surface area contributed by atoms with Gasteiger partial charge in [0.15, 0.2) is 0 Å². The summed E-state index contributed by atoms with van der Waals surface area (Å²) in [6, 6.07) is 17.0. The molecule has 0 radical (unpaired) electrons. The van der Waals surface area contributed by atoms with E-state index in [-0.39, 0.29) is 31.5 Å². The van der Waals surface area contributed by atoms with Crippen LogP contribution in [0.15, 0.2) is 60.7 Å². The number of benzene rings is 2. The molecule has 0 spiro atoms. The molecule has 7 nitrogen and oxygen atoms in total. The van der Waals surface area contributed by atoms with Gasteiger partial charge in [-0.2, -0.15) is 13.2 Å². The van der Waals surface area contributed by atoms with Crippen LogP contribution in [0, 0.1) is 6.92 Å². The first-order valence-electron chi connectivity index (χ1n) is 11.5. The van der Waals surface area contributed by atoms with Gasteiger partial charge in [-0.3, -0.25) is 10.2 Å². The van der Waals surface area contributed by atoms with Gasteiger partial charge in [-0.15, -0.1) is 5.10 Å². The third-order valence-electron chi connectivity index (χ3n) is 5.97. The fraction of sp³-hybridized carbons (Fsp3) is 0.360. The molecule has 192 valence electrons. The molecule has 2 N–H and O–H groups in total. The largest absolute Gasteiger partial charge is 0.474 e. The summed E-state index contributed by atoms with van der Waals surface area (Å²) in [6.45, 7) is -0.0364. The zero-order valence-corrected chi connectivity index (χ0v) is 19.6. The third-order valence-corrected chi connectivity index (χ3v) is 5.97.